The quantitative estimate of drug-likeness (QED) is 0.743. The largest absolute Gasteiger partial charge is 0.472 e. The molecular formula is C17H13F2NO3S. The second-order valence-corrected chi connectivity index (χ2v) is 6.08. The SMILES string of the molecule is O=C(NC[C@](O)(c1ccoc1)c1cccs1)c1c(F)cccc1F. The predicted molar refractivity (Wildman–Crippen MR) is 84.7 cm³/mol. The summed E-state index contributed by atoms with van der Waals surface area (Å²) in [5.74, 6) is -2.87. The van der Waals surface area contributed by atoms with Crippen molar-refractivity contribution in [1.29, 1.82) is 0 Å². The van der Waals surface area contributed by atoms with Crippen LogP contribution < -0.4 is 5.32 Å². The Hall–Kier alpha value is -2.51. The zero-order valence-corrected chi connectivity index (χ0v) is 13.1. The number of hydrogen-bond donors (Lipinski definition) is 2. The van der Waals surface area contributed by atoms with E-state index in [2.05, 4.69) is 5.32 Å². The molecule has 24 heavy (non-hydrogen) atoms. The molecule has 0 radical (unpaired) electrons. The highest BCUT2D eigenvalue weighted by atomic mass is 32.1. The lowest BCUT2D eigenvalue weighted by Gasteiger charge is -2.26. The van der Waals surface area contributed by atoms with Crippen molar-refractivity contribution in [2.24, 2.45) is 0 Å². The molecule has 2 aromatic heterocycles. The minimum Gasteiger partial charge on any atom is -0.472 e. The fraction of sp³-hybridized carbons (Fsp3) is 0.118. The molecule has 0 aliphatic rings. The molecule has 4 nitrogen and oxygen atoms in total. The summed E-state index contributed by atoms with van der Waals surface area (Å²) in [7, 11) is 0. The van der Waals surface area contributed by atoms with Crippen molar-refractivity contribution in [1.82, 2.24) is 5.32 Å². The molecule has 0 spiro atoms. The van der Waals surface area contributed by atoms with Gasteiger partial charge >= 0.3 is 0 Å². The van der Waals surface area contributed by atoms with Crippen molar-refractivity contribution in [3.05, 3.63) is 81.9 Å². The summed E-state index contributed by atoms with van der Waals surface area (Å²) in [6.45, 7) is -0.264. The minimum atomic E-state index is -1.56. The van der Waals surface area contributed by atoms with Gasteiger partial charge in [0.25, 0.3) is 5.91 Å². The van der Waals surface area contributed by atoms with E-state index in [4.69, 9.17) is 4.42 Å². The third-order valence-corrected chi connectivity index (χ3v) is 4.64. The Labute approximate surface area is 140 Å². The van der Waals surface area contributed by atoms with Gasteiger partial charge in [0.15, 0.2) is 0 Å². The maximum absolute atomic E-state index is 13.7. The zero-order valence-electron chi connectivity index (χ0n) is 12.3. The van der Waals surface area contributed by atoms with Crippen LogP contribution in [-0.4, -0.2) is 17.6 Å². The van der Waals surface area contributed by atoms with E-state index in [1.165, 1.54) is 29.9 Å². The lowest BCUT2D eigenvalue weighted by Crippen LogP contribution is -2.41. The van der Waals surface area contributed by atoms with E-state index in [-0.39, 0.29) is 6.54 Å². The molecule has 0 aliphatic heterocycles. The topological polar surface area (TPSA) is 62.5 Å². The van der Waals surface area contributed by atoms with Crippen LogP contribution in [0.15, 0.2) is 58.7 Å². The fourth-order valence-corrected chi connectivity index (χ4v) is 3.20. The smallest absolute Gasteiger partial charge is 0.257 e. The molecule has 0 unspecified atom stereocenters. The van der Waals surface area contributed by atoms with Gasteiger partial charge < -0.3 is 14.8 Å². The zero-order chi connectivity index (χ0) is 17.2. The van der Waals surface area contributed by atoms with Gasteiger partial charge in [-0.15, -0.1) is 11.3 Å². The van der Waals surface area contributed by atoms with Crippen molar-refractivity contribution in [3.8, 4) is 0 Å². The summed E-state index contributed by atoms with van der Waals surface area (Å²) in [6, 6.07) is 8.19. The molecule has 2 N–H and O–H groups in total. The molecule has 2 heterocycles. The van der Waals surface area contributed by atoms with Gasteiger partial charge in [0.05, 0.1) is 19.1 Å². The lowest BCUT2D eigenvalue weighted by atomic mass is 9.94. The maximum atomic E-state index is 13.7. The summed E-state index contributed by atoms with van der Waals surface area (Å²) in [6.07, 6.45) is 2.75. The van der Waals surface area contributed by atoms with Crippen LogP contribution in [0.2, 0.25) is 0 Å². The highest BCUT2D eigenvalue weighted by Gasteiger charge is 2.34. The van der Waals surface area contributed by atoms with Gasteiger partial charge in [-0.25, -0.2) is 8.78 Å². The Morgan fingerprint density at radius 1 is 1.21 bits per heavy atom. The van der Waals surface area contributed by atoms with Crippen molar-refractivity contribution in [2.45, 2.75) is 5.60 Å². The summed E-state index contributed by atoms with van der Waals surface area (Å²) in [4.78, 5) is 12.7. The summed E-state index contributed by atoms with van der Waals surface area (Å²) < 4.78 is 32.4. The van der Waals surface area contributed by atoms with E-state index >= 15 is 0 Å². The van der Waals surface area contributed by atoms with Crippen LogP contribution in [0.5, 0.6) is 0 Å². The van der Waals surface area contributed by atoms with Gasteiger partial charge in [0, 0.05) is 10.4 Å². The van der Waals surface area contributed by atoms with E-state index < -0.39 is 28.7 Å². The van der Waals surface area contributed by atoms with E-state index in [1.807, 2.05) is 0 Å². The van der Waals surface area contributed by atoms with Gasteiger partial charge in [-0.1, -0.05) is 12.1 Å². The summed E-state index contributed by atoms with van der Waals surface area (Å²) in [5.41, 5.74) is -1.81. The Balaban J connectivity index is 1.86. The third-order valence-electron chi connectivity index (χ3n) is 3.62. The van der Waals surface area contributed by atoms with Crippen molar-refractivity contribution in [3.63, 3.8) is 0 Å². The molecule has 1 aromatic carbocycles. The molecule has 3 rings (SSSR count). The second-order valence-electron chi connectivity index (χ2n) is 5.13. The minimum absolute atomic E-state index is 0.264. The number of carbonyl (C=O) groups excluding carboxylic acids is 1. The van der Waals surface area contributed by atoms with Crippen molar-refractivity contribution >= 4 is 17.2 Å². The normalized spacial score (nSPS) is 13.5. The number of carbonyl (C=O) groups is 1. The van der Waals surface area contributed by atoms with Crippen molar-refractivity contribution in [2.75, 3.05) is 6.54 Å². The number of amides is 1. The number of benzene rings is 1. The first-order valence-corrected chi connectivity index (χ1v) is 7.91. The number of hydrogen-bond acceptors (Lipinski definition) is 4. The third kappa shape index (κ3) is 2.95. The monoisotopic (exact) mass is 349 g/mol. The van der Waals surface area contributed by atoms with Gasteiger partial charge in [0.1, 0.15) is 22.8 Å². The van der Waals surface area contributed by atoms with E-state index in [9.17, 15) is 18.7 Å². The molecule has 0 saturated heterocycles. The fourth-order valence-electron chi connectivity index (χ4n) is 2.36. The first-order chi connectivity index (χ1) is 11.5. The van der Waals surface area contributed by atoms with Gasteiger partial charge in [-0.05, 0) is 29.6 Å². The number of nitrogens with one attached hydrogen (secondary N) is 1. The molecule has 0 fully saturated rings. The summed E-state index contributed by atoms with van der Waals surface area (Å²) >= 11 is 1.29. The molecule has 7 heteroatoms. The first-order valence-electron chi connectivity index (χ1n) is 7.03. The number of aliphatic hydroxyl groups is 1. The van der Waals surface area contributed by atoms with E-state index in [1.54, 1.807) is 23.6 Å². The van der Waals surface area contributed by atoms with Gasteiger partial charge in [0.2, 0.25) is 0 Å². The standard InChI is InChI=1S/C17H13F2NO3S/c18-12-3-1-4-13(19)15(12)16(21)20-10-17(22,11-6-7-23-9-11)14-5-2-8-24-14/h1-9,22H,10H2,(H,20,21)/t17-/m0/s1. The first kappa shape index (κ1) is 16.4. The Bertz CT molecular complexity index is 777. The number of rotatable bonds is 5. The number of halogens is 2. The Morgan fingerprint density at radius 3 is 2.54 bits per heavy atom. The molecular weight excluding hydrogens is 336 g/mol. The highest BCUT2D eigenvalue weighted by molar-refractivity contribution is 7.10. The number of thiophene rings is 1. The summed E-state index contributed by atoms with van der Waals surface area (Å²) in [5, 5.41) is 15.2. The average Bonchev–Trinajstić information content (AvgIpc) is 3.25. The van der Waals surface area contributed by atoms with E-state index in [0.717, 1.165) is 12.1 Å². The lowest BCUT2D eigenvalue weighted by molar-refractivity contribution is 0.0709. The molecule has 0 saturated carbocycles. The molecule has 1 atom stereocenters. The van der Waals surface area contributed by atoms with E-state index in [0.29, 0.717) is 10.4 Å². The van der Waals surface area contributed by atoms with Crippen LogP contribution >= 0.6 is 11.3 Å². The molecule has 1 amide bonds. The van der Waals surface area contributed by atoms with Crippen molar-refractivity contribution < 1.29 is 23.1 Å². The van der Waals surface area contributed by atoms with Crippen LogP contribution in [-0.2, 0) is 5.60 Å². The van der Waals surface area contributed by atoms with Gasteiger partial charge in [-0.3, -0.25) is 4.79 Å². The van der Waals surface area contributed by atoms with Crippen LogP contribution in [0.1, 0.15) is 20.8 Å². The Morgan fingerprint density at radius 2 is 1.96 bits per heavy atom. The molecule has 0 bridgehead atoms. The maximum Gasteiger partial charge on any atom is 0.257 e. The molecule has 0 aliphatic carbocycles. The molecule has 3 aromatic rings. The predicted octanol–water partition coefficient (Wildman–Crippen LogP) is 3.29. The Kier molecular flexibility index (Phi) is 4.46. The second kappa shape index (κ2) is 6.54. The molecule has 124 valence electrons. The number of furan rings is 1. The van der Waals surface area contributed by atoms with Crippen LogP contribution in [0.3, 0.4) is 0 Å². The van der Waals surface area contributed by atoms with Crippen LogP contribution in [0, 0.1) is 11.6 Å². The van der Waals surface area contributed by atoms with Crippen LogP contribution in [0.4, 0.5) is 8.78 Å². The van der Waals surface area contributed by atoms with Gasteiger partial charge in [-0.2, -0.15) is 0 Å². The average molecular weight is 349 g/mol. The highest BCUT2D eigenvalue weighted by Crippen LogP contribution is 2.32. The van der Waals surface area contributed by atoms with Crippen LogP contribution in [0.25, 0.3) is 0 Å².